The Labute approximate surface area is 116 Å². The Morgan fingerprint density at radius 3 is 3.05 bits per heavy atom. The van der Waals surface area contributed by atoms with Crippen molar-refractivity contribution < 1.29 is 5.21 Å². The van der Waals surface area contributed by atoms with E-state index < -0.39 is 0 Å². The van der Waals surface area contributed by atoms with Gasteiger partial charge in [-0.05, 0) is 18.9 Å². The summed E-state index contributed by atoms with van der Waals surface area (Å²) >= 11 is 0. The number of rotatable bonds is 5. The lowest BCUT2D eigenvalue weighted by molar-refractivity contribution is 0.317. The Hall–Kier alpha value is -2.31. The lowest BCUT2D eigenvalue weighted by Crippen LogP contribution is -2.31. The van der Waals surface area contributed by atoms with Crippen LogP contribution in [0.2, 0.25) is 0 Å². The second kappa shape index (κ2) is 4.99. The lowest BCUT2D eigenvalue weighted by Gasteiger charge is -2.23. The summed E-state index contributed by atoms with van der Waals surface area (Å²) < 4.78 is 1.98. The maximum absolute atomic E-state index is 8.66. The fraction of sp³-hybridized carbons (Fsp3) is 0.462. The minimum Gasteiger partial charge on any atom is -0.409 e. The maximum atomic E-state index is 8.66. The highest BCUT2D eigenvalue weighted by Crippen LogP contribution is 2.33. The summed E-state index contributed by atoms with van der Waals surface area (Å²) in [6.45, 7) is 0.684. The van der Waals surface area contributed by atoms with Crippen LogP contribution in [0.3, 0.4) is 0 Å². The Morgan fingerprint density at radius 2 is 2.35 bits per heavy atom. The number of nitrogens with two attached hydrogens (primary N) is 1. The molecule has 0 aliphatic heterocycles. The molecule has 2 aromatic heterocycles. The summed E-state index contributed by atoms with van der Waals surface area (Å²) in [7, 11) is 1.97. The van der Waals surface area contributed by atoms with Crippen molar-refractivity contribution >= 4 is 22.7 Å². The average Bonchev–Trinajstić information content (AvgIpc) is 3.23. The predicted molar refractivity (Wildman–Crippen MR) is 76.9 cm³/mol. The highest BCUT2D eigenvalue weighted by Gasteiger charge is 2.31. The Morgan fingerprint density at radius 1 is 1.55 bits per heavy atom. The lowest BCUT2D eigenvalue weighted by atomic mass is 10.3. The van der Waals surface area contributed by atoms with E-state index in [1.165, 1.54) is 0 Å². The first kappa shape index (κ1) is 12.7. The normalized spacial score (nSPS) is 15.8. The number of pyridine rings is 1. The van der Waals surface area contributed by atoms with Crippen LogP contribution < -0.4 is 10.6 Å². The van der Waals surface area contributed by atoms with Crippen molar-refractivity contribution in [2.24, 2.45) is 17.9 Å². The number of fused-ring (bicyclic) bond motifs is 1. The van der Waals surface area contributed by atoms with Crippen molar-refractivity contribution in [3.8, 4) is 0 Å². The van der Waals surface area contributed by atoms with Crippen molar-refractivity contribution in [2.75, 3.05) is 11.4 Å². The number of imidazole rings is 1. The smallest absolute Gasteiger partial charge is 0.157 e. The van der Waals surface area contributed by atoms with E-state index in [9.17, 15) is 0 Å². The van der Waals surface area contributed by atoms with E-state index >= 15 is 0 Å². The minimum absolute atomic E-state index is 0.240. The number of aromatic nitrogens is 3. The predicted octanol–water partition coefficient (Wildman–Crippen LogP) is 1.07. The molecule has 106 valence electrons. The van der Waals surface area contributed by atoms with Gasteiger partial charge in [-0.2, -0.15) is 0 Å². The fourth-order valence-electron chi connectivity index (χ4n) is 2.39. The molecular formula is C13H18N6O. The number of hydrogen-bond acceptors (Lipinski definition) is 5. The molecule has 0 aromatic carbocycles. The van der Waals surface area contributed by atoms with E-state index in [0.717, 1.165) is 29.7 Å². The zero-order valence-electron chi connectivity index (χ0n) is 11.4. The molecule has 1 aliphatic rings. The Kier molecular flexibility index (Phi) is 3.17. The fourth-order valence-corrected chi connectivity index (χ4v) is 2.39. The molecule has 7 heteroatoms. The van der Waals surface area contributed by atoms with Gasteiger partial charge in [0.05, 0.1) is 11.8 Å². The molecule has 2 heterocycles. The van der Waals surface area contributed by atoms with E-state index in [-0.39, 0.29) is 5.84 Å². The summed E-state index contributed by atoms with van der Waals surface area (Å²) in [6, 6.07) is 2.45. The molecule has 0 atom stereocenters. The van der Waals surface area contributed by atoms with Crippen LogP contribution in [-0.4, -0.2) is 38.2 Å². The number of nitrogens with zero attached hydrogens (tertiary/aromatic N) is 5. The van der Waals surface area contributed by atoms with E-state index in [0.29, 0.717) is 19.0 Å². The molecule has 0 radical (unpaired) electrons. The summed E-state index contributed by atoms with van der Waals surface area (Å²) in [5, 5.41) is 11.7. The Bertz CT molecular complexity index is 645. The summed E-state index contributed by atoms with van der Waals surface area (Å²) in [4.78, 5) is 11.2. The second-order valence-electron chi connectivity index (χ2n) is 5.12. The van der Waals surface area contributed by atoms with E-state index in [4.69, 9.17) is 10.9 Å². The van der Waals surface area contributed by atoms with Crippen molar-refractivity contribution in [3.63, 3.8) is 0 Å². The van der Waals surface area contributed by atoms with Crippen LogP contribution in [0.4, 0.5) is 5.82 Å². The van der Waals surface area contributed by atoms with Gasteiger partial charge in [0.2, 0.25) is 0 Å². The molecule has 1 aliphatic carbocycles. The maximum Gasteiger partial charge on any atom is 0.157 e. The van der Waals surface area contributed by atoms with Crippen molar-refractivity contribution in [1.29, 1.82) is 0 Å². The van der Waals surface area contributed by atoms with Gasteiger partial charge in [0, 0.05) is 32.3 Å². The van der Waals surface area contributed by atoms with E-state index in [1.54, 1.807) is 12.5 Å². The third-order valence-corrected chi connectivity index (χ3v) is 3.62. The van der Waals surface area contributed by atoms with Gasteiger partial charge in [-0.1, -0.05) is 5.16 Å². The van der Waals surface area contributed by atoms with Gasteiger partial charge in [-0.25, -0.2) is 9.97 Å². The zero-order chi connectivity index (χ0) is 14.1. The van der Waals surface area contributed by atoms with Crippen LogP contribution in [0.5, 0.6) is 0 Å². The molecule has 3 rings (SSSR count). The molecule has 3 N–H and O–H groups in total. The second-order valence-corrected chi connectivity index (χ2v) is 5.12. The molecule has 0 unspecified atom stereocenters. The number of amidine groups is 1. The van der Waals surface area contributed by atoms with Crippen molar-refractivity contribution in [3.05, 3.63) is 18.6 Å². The topological polar surface area (TPSA) is 92.6 Å². The third kappa shape index (κ3) is 2.26. The summed E-state index contributed by atoms with van der Waals surface area (Å²) in [6.07, 6.45) is 6.42. The third-order valence-electron chi connectivity index (χ3n) is 3.62. The monoisotopic (exact) mass is 274 g/mol. The van der Waals surface area contributed by atoms with E-state index in [1.807, 2.05) is 17.7 Å². The summed E-state index contributed by atoms with van der Waals surface area (Å²) in [5.74, 6) is 1.13. The highest BCUT2D eigenvalue weighted by atomic mass is 16.4. The quantitative estimate of drug-likeness (QED) is 0.368. The Balaban J connectivity index is 1.93. The molecule has 0 bridgehead atoms. The van der Waals surface area contributed by atoms with E-state index in [2.05, 4.69) is 20.0 Å². The number of oxime groups is 1. The molecular weight excluding hydrogens is 256 g/mol. The van der Waals surface area contributed by atoms with Crippen molar-refractivity contribution in [2.45, 2.75) is 25.3 Å². The number of aryl methyl sites for hydroxylation is 1. The SMILES string of the molecule is Cn1cnc2c(N(CC/C(N)=N/O)C3CC3)nccc21. The van der Waals surface area contributed by atoms with Gasteiger partial charge in [0.15, 0.2) is 5.82 Å². The minimum atomic E-state index is 0.240. The van der Waals surface area contributed by atoms with Crippen LogP contribution in [0.1, 0.15) is 19.3 Å². The van der Waals surface area contributed by atoms with Crippen LogP contribution in [0, 0.1) is 0 Å². The largest absolute Gasteiger partial charge is 0.409 e. The first-order valence-corrected chi connectivity index (χ1v) is 6.70. The molecule has 0 spiro atoms. The van der Waals surface area contributed by atoms with Gasteiger partial charge in [0.25, 0.3) is 0 Å². The molecule has 20 heavy (non-hydrogen) atoms. The van der Waals surface area contributed by atoms with Gasteiger partial charge in [0.1, 0.15) is 11.4 Å². The van der Waals surface area contributed by atoms with Crippen LogP contribution in [-0.2, 0) is 7.05 Å². The number of anilines is 1. The average molecular weight is 274 g/mol. The zero-order valence-corrected chi connectivity index (χ0v) is 11.4. The molecule has 0 saturated heterocycles. The van der Waals surface area contributed by atoms with Crippen LogP contribution in [0.15, 0.2) is 23.7 Å². The van der Waals surface area contributed by atoms with Gasteiger partial charge < -0.3 is 20.4 Å². The van der Waals surface area contributed by atoms with Gasteiger partial charge in [-0.15, -0.1) is 0 Å². The van der Waals surface area contributed by atoms with Crippen LogP contribution in [0.25, 0.3) is 11.0 Å². The van der Waals surface area contributed by atoms with Gasteiger partial charge >= 0.3 is 0 Å². The molecule has 2 aromatic rings. The first-order chi connectivity index (χ1) is 9.70. The standard InChI is InChI=1S/C13H18N6O/c1-18-8-16-12-10(18)4-6-15-13(12)19(9-2-3-9)7-5-11(14)17-20/h4,6,8-9,20H,2-3,5,7H2,1H3,(H2,14,17). The molecule has 0 amide bonds. The van der Waals surface area contributed by atoms with Crippen molar-refractivity contribution in [1.82, 2.24) is 14.5 Å². The highest BCUT2D eigenvalue weighted by molar-refractivity contribution is 5.87. The summed E-state index contributed by atoms with van der Waals surface area (Å²) in [5.41, 5.74) is 7.53. The molecule has 1 fully saturated rings. The number of hydrogen-bond donors (Lipinski definition) is 2. The molecule has 1 saturated carbocycles. The van der Waals surface area contributed by atoms with Crippen LogP contribution >= 0.6 is 0 Å². The first-order valence-electron chi connectivity index (χ1n) is 6.70. The molecule has 7 nitrogen and oxygen atoms in total. The van der Waals surface area contributed by atoms with Gasteiger partial charge in [-0.3, -0.25) is 0 Å².